The smallest absolute Gasteiger partial charge is 0.466 e. The number of alkyl carbamates (subject to hydrolysis) is 1. The molecule has 6 atom stereocenters. The highest BCUT2D eigenvalue weighted by atomic mass is 33.1. The molecule has 2 aromatic rings. The highest BCUT2D eigenvalue weighted by molar-refractivity contribution is 8.77. The van der Waals surface area contributed by atoms with Crippen LogP contribution in [0.5, 0.6) is 0 Å². The molecule has 3 heterocycles. The number of nitrogens with two attached hydrogens (primary N) is 1. The lowest BCUT2D eigenvalue weighted by molar-refractivity contribution is -0.141. The zero-order valence-corrected chi connectivity index (χ0v) is 37.6. The molecule has 1 amide bonds. The molecule has 1 aliphatic heterocycles. The Morgan fingerprint density at radius 3 is 2.53 bits per heavy atom. The molecule has 22 nitrogen and oxygen atoms in total. The fourth-order valence-electron chi connectivity index (χ4n) is 4.81. The monoisotopic (exact) mass is 957 g/mol. The Morgan fingerprint density at radius 2 is 1.84 bits per heavy atom. The standard InChI is InChI=1S/C29H46N5O17P3S4/c1-20(35)45-13-9-29(2,3)57-56-18-44-11-5-6-12-46-28(36)31-10-7-8-21-15-34(27-25(21)26(30)32-17-33-27)24-14-22(47-19-58(4)55)23(49-24)16-48-53(40,41)51-54(42,43)50-52(37,38)39/h15,17,22-24H,5-6,9-14,16,18-19H2,1-4H3,(H,31,36)(H,40,41)(H,42,43)(H2,30,32,33)(H2,37,38,39)/t22-,23+,24+,58?/m0/s1. The van der Waals surface area contributed by atoms with Crippen LogP contribution < -0.4 is 11.1 Å². The number of carbonyl (C=O) groups is 2. The predicted molar refractivity (Wildman–Crippen MR) is 217 cm³/mol. The molecular formula is C29H46N5O17P3S4. The number of carbonyl (C=O) groups excluding carboxylic acids is 2. The third-order valence-electron chi connectivity index (χ3n) is 7.28. The first kappa shape index (κ1) is 50.6. The zero-order valence-electron chi connectivity index (χ0n) is 31.7. The predicted octanol–water partition coefficient (Wildman–Crippen LogP) is 3.64. The molecule has 3 unspecified atom stereocenters. The van der Waals surface area contributed by atoms with Gasteiger partial charge in [-0.1, -0.05) is 42.9 Å². The number of rotatable bonds is 24. The molecule has 0 bridgehead atoms. The van der Waals surface area contributed by atoms with Gasteiger partial charge in [0.2, 0.25) is 0 Å². The number of phosphoric ester groups is 1. The van der Waals surface area contributed by atoms with Crippen LogP contribution in [-0.4, -0.2) is 114 Å². The van der Waals surface area contributed by atoms with Gasteiger partial charge in [0, 0.05) is 30.9 Å². The van der Waals surface area contributed by atoms with Crippen molar-refractivity contribution in [3.05, 3.63) is 18.1 Å². The number of anilines is 1. The van der Waals surface area contributed by atoms with Gasteiger partial charge in [0.25, 0.3) is 0 Å². The number of hydrogen-bond donors (Lipinski definition) is 6. The molecule has 1 saturated heterocycles. The highest BCUT2D eigenvalue weighted by Crippen LogP contribution is 2.66. The Bertz CT molecular complexity index is 1940. The fourth-order valence-corrected chi connectivity index (χ4v) is 10.6. The number of hydrogen-bond acceptors (Lipinski definition) is 19. The van der Waals surface area contributed by atoms with Crippen molar-refractivity contribution in [3.8, 4) is 11.8 Å². The summed E-state index contributed by atoms with van der Waals surface area (Å²) in [6.45, 7) is 5.72. The van der Waals surface area contributed by atoms with Gasteiger partial charge in [-0.3, -0.25) is 9.32 Å². The maximum atomic E-state index is 12.4. The minimum absolute atomic E-state index is 0.0765. The lowest BCUT2D eigenvalue weighted by Gasteiger charge is -2.22. The van der Waals surface area contributed by atoms with E-state index in [9.17, 15) is 33.1 Å². The van der Waals surface area contributed by atoms with Gasteiger partial charge in [0.15, 0.2) is 0 Å². The Labute approximate surface area is 349 Å². The summed E-state index contributed by atoms with van der Waals surface area (Å²) in [5.74, 6) is 6.14. The maximum Gasteiger partial charge on any atom is 0.490 e. The van der Waals surface area contributed by atoms with Crippen molar-refractivity contribution >= 4 is 94.6 Å². The quantitative estimate of drug-likeness (QED) is 0.0218. The number of nitrogens with one attached hydrogen (secondary N) is 1. The normalized spacial score (nSPS) is 19.8. The van der Waals surface area contributed by atoms with Crippen molar-refractivity contribution in [1.82, 2.24) is 19.9 Å². The van der Waals surface area contributed by atoms with Crippen LogP contribution in [0.15, 0.2) is 12.5 Å². The van der Waals surface area contributed by atoms with Gasteiger partial charge < -0.3 is 58.9 Å². The number of ether oxygens (including phenoxy) is 5. The number of unbranched alkanes of at least 4 members (excludes halogenated alkanes) is 1. The van der Waals surface area contributed by atoms with E-state index in [1.165, 1.54) is 13.3 Å². The number of amides is 1. The second-order valence-corrected chi connectivity index (χ2v) is 23.1. The van der Waals surface area contributed by atoms with E-state index in [2.05, 4.69) is 49.6 Å². The lowest BCUT2D eigenvalue weighted by atomic mass is 10.1. The van der Waals surface area contributed by atoms with E-state index in [1.54, 1.807) is 38.6 Å². The van der Waals surface area contributed by atoms with Crippen molar-refractivity contribution in [2.45, 2.75) is 69.6 Å². The Morgan fingerprint density at radius 1 is 1.12 bits per heavy atom. The summed E-state index contributed by atoms with van der Waals surface area (Å²) in [6, 6.07) is 0. The molecule has 7 N–H and O–H groups in total. The third kappa shape index (κ3) is 18.9. The number of aromatic nitrogens is 3. The van der Waals surface area contributed by atoms with Gasteiger partial charge in [0.05, 0.1) is 49.4 Å². The van der Waals surface area contributed by atoms with E-state index >= 15 is 0 Å². The van der Waals surface area contributed by atoms with Crippen LogP contribution in [0, 0.1) is 11.8 Å². The Kier molecular flexibility index (Phi) is 20.5. The van der Waals surface area contributed by atoms with Gasteiger partial charge >= 0.3 is 35.5 Å². The number of nitrogens with zero attached hydrogens (tertiary/aromatic N) is 3. The van der Waals surface area contributed by atoms with Gasteiger partial charge in [-0.05, 0) is 50.6 Å². The first-order valence-corrected chi connectivity index (χ1v) is 26.5. The van der Waals surface area contributed by atoms with E-state index in [4.69, 9.17) is 54.9 Å². The number of phosphoric acid groups is 3. The van der Waals surface area contributed by atoms with Crippen molar-refractivity contribution in [1.29, 1.82) is 0 Å². The molecule has 0 spiro atoms. The van der Waals surface area contributed by atoms with Crippen molar-refractivity contribution < 1.29 is 79.7 Å². The third-order valence-corrected chi connectivity index (χ3v) is 14.9. The second-order valence-electron chi connectivity index (χ2n) is 12.6. The summed E-state index contributed by atoms with van der Waals surface area (Å²) < 4.78 is 76.8. The minimum Gasteiger partial charge on any atom is -0.466 e. The summed E-state index contributed by atoms with van der Waals surface area (Å²) >= 11 is 5.21. The van der Waals surface area contributed by atoms with Crippen molar-refractivity contribution in [3.63, 3.8) is 0 Å². The summed E-state index contributed by atoms with van der Waals surface area (Å²) in [7, 11) is -14.2. The Hall–Kier alpha value is -1.72. The lowest BCUT2D eigenvalue weighted by Crippen LogP contribution is -2.29. The van der Waals surface area contributed by atoms with Gasteiger partial charge in [0.1, 0.15) is 36.1 Å². The minimum atomic E-state index is -5.74. The topological polar surface area (TPSA) is 309 Å². The van der Waals surface area contributed by atoms with Crippen LogP contribution in [0.25, 0.3) is 11.0 Å². The SMILES string of the molecule is CC(=O)OCCC(C)(C)SSCOCCCCOC(=O)NCC#Cc1cn([C@H]2C[C@H](OCS(C)=S)[C@@H](COP(=O)(O)OP(=O)(O)OP(=O)(O)O)O2)c2ncnc(N)c12. The molecule has 328 valence electrons. The van der Waals surface area contributed by atoms with Crippen LogP contribution in [-0.2, 0) is 76.0 Å². The summed E-state index contributed by atoms with van der Waals surface area (Å²) in [5.41, 5.74) is 6.86. The van der Waals surface area contributed by atoms with E-state index in [0.29, 0.717) is 48.6 Å². The van der Waals surface area contributed by atoms with Crippen LogP contribution in [0.2, 0.25) is 0 Å². The maximum absolute atomic E-state index is 12.4. The second kappa shape index (κ2) is 23.5. The van der Waals surface area contributed by atoms with E-state index in [1.807, 2.05) is 0 Å². The number of esters is 1. The molecule has 0 radical (unpaired) electrons. The molecule has 58 heavy (non-hydrogen) atoms. The Balaban J connectivity index is 1.53. The van der Waals surface area contributed by atoms with E-state index in [-0.39, 0.29) is 42.0 Å². The van der Waals surface area contributed by atoms with Gasteiger partial charge in [-0.25, -0.2) is 28.5 Å². The van der Waals surface area contributed by atoms with Crippen molar-refractivity contribution in [2.24, 2.45) is 0 Å². The molecule has 0 aliphatic carbocycles. The molecule has 2 aromatic heterocycles. The van der Waals surface area contributed by atoms with Crippen LogP contribution >= 0.6 is 45.1 Å². The van der Waals surface area contributed by atoms with E-state index < -0.39 is 64.1 Å². The summed E-state index contributed by atoms with van der Waals surface area (Å²) in [6.07, 6.45) is 3.22. The zero-order chi connectivity index (χ0) is 43.1. The van der Waals surface area contributed by atoms with Crippen LogP contribution in [0.1, 0.15) is 58.2 Å². The largest absolute Gasteiger partial charge is 0.490 e. The van der Waals surface area contributed by atoms with Crippen LogP contribution in [0.3, 0.4) is 0 Å². The summed E-state index contributed by atoms with van der Waals surface area (Å²) in [5, 5.41) is 2.93. The number of fused-ring (bicyclic) bond motifs is 1. The molecule has 0 aromatic carbocycles. The average Bonchev–Trinajstić information content (AvgIpc) is 3.67. The number of nitrogen functional groups attached to an aromatic ring is 1. The molecule has 3 rings (SSSR count). The fraction of sp³-hybridized carbons (Fsp3) is 0.655. The van der Waals surface area contributed by atoms with Gasteiger partial charge in [-0.15, -0.1) is 0 Å². The average molecular weight is 958 g/mol. The molecule has 29 heteroatoms. The molecule has 1 aliphatic rings. The first-order valence-electron chi connectivity index (χ1n) is 16.9. The molecular weight excluding hydrogens is 912 g/mol. The molecule has 1 fully saturated rings. The highest BCUT2D eigenvalue weighted by Gasteiger charge is 2.44. The molecule has 0 saturated carbocycles. The van der Waals surface area contributed by atoms with E-state index in [0.717, 1.165) is 6.42 Å². The summed E-state index contributed by atoms with van der Waals surface area (Å²) in [4.78, 5) is 68.5. The first-order chi connectivity index (χ1) is 27.1. The van der Waals surface area contributed by atoms with Crippen LogP contribution in [0.4, 0.5) is 10.6 Å². The van der Waals surface area contributed by atoms with Gasteiger partial charge in [-0.2, -0.15) is 8.62 Å². The van der Waals surface area contributed by atoms with Crippen molar-refractivity contribution in [2.75, 3.05) is 56.8 Å².